The van der Waals surface area contributed by atoms with Crippen molar-refractivity contribution in [1.82, 2.24) is 4.98 Å². The number of anilines is 3. The van der Waals surface area contributed by atoms with Crippen LogP contribution < -0.4 is 10.6 Å². The molecule has 5 nitrogen and oxygen atoms in total. The first kappa shape index (κ1) is 15.1. The van der Waals surface area contributed by atoms with E-state index in [0.717, 1.165) is 11.3 Å². The molecule has 2 N–H and O–H groups in total. The average molecular weight is 306 g/mol. The van der Waals surface area contributed by atoms with Crippen LogP contribution in [-0.4, -0.2) is 17.7 Å². The summed E-state index contributed by atoms with van der Waals surface area (Å²) in [6.07, 6.45) is 1.06. The molecule has 6 heteroatoms. The molecule has 21 heavy (non-hydrogen) atoms. The van der Waals surface area contributed by atoms with Gasteiger partial charge in [0.05, 0.1) is 18.5 Å². The molecule has 1 heterocycles. The van der Waals surface area contributed by atoms with E-state index in [1.165, 1.54) is 0 Å². The van der Waals surface area contributed by atoms with Gasteiger partial charge in [-0.3, -0.25) is 5.32 Å². The summed E-state index contributed by atoms with van der Waals surface area (Å²) in [5.41, 5.74) is 2.53. The second kappa shape index (κ2) is 6.95. The lowest BCUT2D eigenvalue weighted by atomic mass is 10.2. The van der Waals surface area contributed by atoms with Gasteiger partial charge >= 0.3 is 6.09 Å². The molecule has 110 valence electrons. The van der Waals surface area contributed by atoms with Gasteiger partial charge in [0.2, 0.25) is 0 Å². The van der Waals surface area contributed by atoms with E-state index < -0.39 is 6.09 Å². The van der Waals surface area contributed by atoms with Gasteiger partial charge in [0.1, 0.15) is 5.82 Å². The molecule has 2 aromatic rings. The normalized spacial score (nSPS) is 10.0. The Labute approximate surface area is 128 Å². The molecule has 0 saturated heterocycles. The van der Waals surface area contributed by atoms with Crippen LogP contribution in [0.25, 0.3) is 0 Å². The smallest absolute Gasteiger partial charge is 0.411 e. The lowest BCUT2D eigenvalue weighted by Gasteiger charge is -2.10. The van der Waals surface area contributed by atoms with E-state index in [0.29, 0.717) is 23.1 Å². The Balaban J connectivity index is 2.05. The summed E-state index contributed by atoms with van der Waals surface area (Å²) in [5.74, 6) is 0.662. The molecular weight excluding hydrogens is 290 g/mol. The highest BCUT2D eigenvalue weighted by atomic mass is 35.5. The molecule has 0 aliphatic rings. The summed E-state index contributed by atoms with van der Waals surface area (Å²) in [6.45, 7) is 4.06. The molecule has 1 aromatic heterocycles. The maximum Gasteiger partial charge on any atom is 0.411 e. The van der Waals surface area contributed by atoms with Crippen molar-refractivity contribution in [3.8, 4) is 0 Å². The number of halogens is 1. The van der Waals surface area contributed by atoms with E-state index in [4.69, 9.17) is 16.3 Å². The third kappa shape index (κ3) is 4.36. The van der Waals surface area contributed by atoms with Crippen molar-refractivity contribution in [3.63, 3.8) is 0 Å². The topological polar surface area (TPSA) is 63.2 Å². The Kier molecular flexibility index (Phi) is 5.00. The number of pyridine rings is 1. The number of carbonyl (C=O) groups is 1. The van der Waals surface area contributed by atoms with Gasteiger partial charge < -0.3 is 10.1 Å². The number of amides is 1. The van der Waals surface area contributed by atoms with E-state index in [1.807, 2.05) is 25.1 Å². The highest BCUT2D eigenvalue weighted by molar-refractivity contribution is 6.30. The van der Waals surface area contributed by atoms with Gasteiger partial charge in [-0.05, 0) is 43.7 Å². The SMILES string of the molecule is CCOC(=O)Nc1ccc(Nc2cc(Cl)ccc2C)nc1. The van der Waals surface area contributed by atoms with Crippen LogP contribution in [0, 0.1) is 6.92 Å². The minimum absolute atomic E-state index is 0.326. The van der Waals surface area contributed by atoms with E-state index in [-0.39, 0.29) is 0 Å². The number of hydrogen-bond donors (Lipinski definition) is 2. The van der Waals surface area contributed by atoms with Crippen LogP contribution >= 0.6 is 11.6 Å². The van der Waals surface area contributed by atoms with Gasteiger partial charge in [-0.2, -0.15) is 0 Å². The molecular formula is C15H16ClN3O2. The van der Waals surface area contributed by atoms with Crippen molar-refractivity contribution in [2.45, 2.75) is 13.8 Å². The molecule has 0 bridgehead atoms. The fourth-order valence-electron chi connectivity index (χ4n) is 1.69. The van der Waals surface area contributed by atoms with Crippen LogP contribution in [0.2, 0.25) is 5.02 Å². The molecule has 0 radical (unpaired) electrons. The largest absolute Gasteiger partial charge is 0.450 e. The third-order valence-corrected chi connectivity index (χ3v) is 2.98. The number of aromatic nitrogens is 1. The molecule has 1 amide bonds. The van der Waals surface area contributed by atoms with Crippen LogP contribution in [0.15, 0.2) is 36.5 Å². The zero-order chi connectivity index (χ0) is 15.2. The predicted octanol–water partition coefficient (Wildman–Crippen LogP) is 4.36. The Morgan fingerprint density at radius 1 is 1.33 bits per heavy atom. The first-order valence-electron chi connectivity index (χ1n) is 6.51. The van der Waals surface area contributed by atoms with E-state index in [1.54, 1.807) is 25.3 Å². The van der Waals surface area contributed by atoms with Gasteiger partial charge in [0, 0.05) is 10.7 Å². The van der Waals surface area contributed by atoms with E-state index >= 15 is 0 Å². The van der Waals surface area contributed by atoms with Crippen LogP contribution in [0.5, 0.6) is 0 Å². The Morgan fingerprint density at radius 2 is 2.14 bits per heavy atom. The molecule has 0 atom stereocenters. The number of carbonyl (C=O) groups excluding carboxylic acids is 1. The van der Waals surface area contributed by atoms with Gasteiger partial charge in [0.15, 0.2) is 0 Å². The lowest BCUT2D eigenvalue weighted by molar-refractivity contribution is 0.168. The third-order valence-electron chi connectivity index (χ3n) is 2.75. The summed E-state index contributed by atoms with van der Waals surface area (Å²) in [6, 6.07) is 9.11. The quantitative estimate of drug-likeness (QED) is 0.881. The molecule has 1 aromatic carbocycles. The van der Waals surface area contributed by atoms with Crippen LogP contribution in [0.1, 0.15) is 12.5 Å². The van der Waals surface area contributed by atoms with Crippen LogP contribution in [0.4, 0.5) is 22.0 Å². The monoisotopic (exact) mass is 305 g/mol. The van der Waals surface area contributed by atoms with Crippen molar-refractivity contribution in [1.29, 1.82) is 0 Å². The van der Waals surface area contributed by atoms with Gasteiger partial charge in [-0.1, -0.05) is 17.7 Å². The number of hydrogen-bond acceptors (Lipinski definition) is 4. The fraction of sp³-hybridized carbons (Fsp3) is 0.200. The highest BCUT2D eigenvalue weighted by Gasteiger charge is 2.04. The summed E-state index contributed by atoms with van der Waals surface area (Å²) in [5, 5.41) is 6.42. The second-order valence-electron chi connectivity index (χ2n) is 4.36. The predicted molar refractivity (Wildman–Crippen MR) is 84.4 cm³/mol. The van der Waals surface area contributed by atoms with Crippen molar-refractivity contribution in [2.24, 2.45) is 0 Å². The van der Waals surface area contributed by atoms with Crippen molar-refractivity contribution >= 4 is 34.9 Å². The van der Waals surface area contributed by atoms with E-state index in [2.05, 4.69) is 15.6 Å². The lowest BCUT2D eigenvalue weighted by Crippen LogP contribution is -2.13. The maximum absolute atomic E-state index is 11.3. The summed E-state index contributed by atoms with van der Waals surface area (Å²) in [4.78, 5) is 15.5. The molecule has 0 aliphatic carbocycles. The standard InChI is InChI=1S/C15H16ClN3O2/c1-3-21-15(20)18-12-6-7-14(17-9-12)19-13-8-11(16)5-4-10(13)2/h4-9H,3H2,1-2H3,(H,17,19)(H,18,20). The molecule has 2 rings (SSSR count). The highest BCUT2D eigenvalue weighted by Crippen LogP contribution is 2.23. The van der Waals surface area contributed by atoms with Crippen molar-refractivity contribution in [2.75, 3.05) is 17.2 Å². The molecule has 0 fully saturated rings. The van der Waals surface area contributed by atoms with Crippen LogP contribution in [0.3, 0.4) is 0 Å². The fourth-order valence-corrected chi connectivity index (χ4v) is 1.87. The molecule has 0 spiro atoms. The van der Waals surface area contributed by atoms with Gasteiger partial charge in [0.25, 0.3) is 0 Å². The minimum Gasteiger partial charge on any atom is -0.450 e. The average Bonchev–Trinajstić information content (AvgIpc) is 2.45. The second-order valence-corrected chi connectivity index (χ2v) is 4.80. The maximum atomic E-state index is 11.3. The molecule has 0 unspecified atom stereocenters. The van der Waals surface area contributed by atoms with E-state index in [9.17, 15) is 4.79 Å². The number of ether oxygens (including phenoxy) is 1. The summed E-state index contributed by atoms with van der Waals surface area (Å²) in [7, 11) is 0. The number of aryl methyl sites for hydroxylation is 1. The Hall–Kier alpha value is -2.27. The number of benzene rings is 1. The van der Waals surface area contributed by atoms with Crippen LogP contribution in [-0.2, 0) is 4.74 Å². The molecule has 0 aliphatic heterocycles. The van der Waals surface area contributed by atoms with Gasteiger partial charge in [-0.25, -0.2) is 9.78 Å². The first-order chi connectivity index (χ1) is 10.1. The number of nitrogens with one attached hydrogen (secondary N) is 2. The zero-order valence-corrected chi connectivity index (χ0v) is 12.6. The minimum atomic E-state index is -0.495. The Morgan fingerprint density at radius 3 is 2.81 bits per heavy atom. The number of rotatable bonds is 4. The first-order valence-corrected chi connectivity index (χ1v) is 6.89. The Bertz CT molecular complexity index is 629. The molecule has 0 saturated carbocycles. The zero-order valence-electron chi connectivity index (χ0n) is 11.8. The number of nitrogens with zero attached hydrogens (tertiary/aromatic N) is 1. The van der Waals surface area contributed by atoms with Gasteiger partial charge in [-0.15, -0.1) is 0 Å². The summed E-state index contributed by atoms with van der Waals surface area (Å²) < 4.78 is 4.79. The van der Waals surface area contributed by atoms with Crippen molar-refractivity contribution in [3.05, 3.63) is 47.1 Å². The summed E-state index contributed by atoms with van der Waals surface area (Å²) >= 11 is 5.97. The van der Waals surface area contributed by atoms with Crippen molar-refractivity contribution < 1.29 is 9.53 Å².